The van der Waals surface area contributed by atoms with E-state index in [2.05, 4.69) is 17.1 Å². The second-order valence-electron chi connectivity index (χ2n) is 6.20. The Labute approximate surface area is 139 Å². The van der Waals surface area contributed by atoms with E-state index in [0.29, 0.717) is 23.8 Å². The van der Waals surface area contributed by atoms with Crippen LogP contribution in [0.25, 0.3) is 0 Å². The monoisotopic (exact) mass is 338 g/mol. The fraction of sp³-hybridized carbons (Fsp3) is 0.588. The molecule has 5 nitrogen and oxygen atoms in total. The highest BCUT2D eigenvalue weighted by Gasteiger charge is 2.22. The molecule has 0 unspecified atom stereocenters. The maximum absolute atomic E-state index is 12.0. The molecular weight excluding hydrogens is 312 g/mol. The molecule has 1 aromatic carbocycles. The van der Waals surface area contributed by atoms with Crippen LogP contribution in [0.5, 0.6) is 0 Å². The van der Waals surface area contributed by atoms with Crippen LogP contribution in [0.15, 0.2) is 23.1 Å². The van der Waals surface area contributed by atoms with Crippen molar-refractivity contribution in [2.24, 2.45) is 0 Å². The van der Waals surface area contributed by atoms with Gasteiger partial charge in [-0.1, -0.05) is 13.3 Å². The van der Waals surface area contributed by atoms with Gasteiger partial charge in [0.25, 0.3) is 0 Å². The predicted octanol–water partition coefficient (Wildman–Crippen LogP) is 2.58. The van der Waals surface area contributed by atoms with E-state index in [1.807, 2.05) is 0 Å². The minimum Gasteiger partial charge on any atom is -0.382 e. The number of nitrogens with zero attached hydrogens (tertiary/aromatic N) is 1. The van der Waals surface area contributed by atoms with E-state index in [1.165, 1.54) is 32.1 Å². The molecule has 1 aliphatic heterocycles. The second-order valence-corrected chi connectivity index (χ2v) is 8.18. The normalized spacial score (nSPS) is 19.5. The van der Waals surface area contributed by atoms with E-state index >= 15 is 0 Å². The summed E-state index contributed by atoms with van der Waals surface area (Å²) in [5.74, 6) is -0.0686. The molecule has 1 aliphatic rings. The Balaban J connectivity index is 2.23. The average Bonchev–Trinajstić information content (AvgIpc) is 2.51. The van der Waals surface area contributed by atoms with Gasteiger partial charge in [-0.15, -0.1) is 0 Å². The average molecular weight is 338 g/mol. The number of hydrogen-bond donors (Lipinski definition) is 1. The number of likely N-dealkylation sites (N-methyl/N-ethyl adjacent to an activating group) is 1. The van der Waals surface area contributed by atoms with Gasteiger partial charge in [-0.2, -0.15) is 0 Å². The van der Waals surface area contributed by atoms with E-state index in [0.717, 1.165) is 19.5 Å². The molecule has 1 heterocycles. The van der Waals surface area contributed by atoms with Crippen molar-refractivity contribution >= 4 is 21.3 Å². The lowest BCUT2D eigenvalue weighted by Gasteiger charge is -2.35. The van der Waals surface area contributed by atoms with Crippen molar-refractivity contribution in [3.8, 4) is 0 Å². The van der Waals surface area contributed by atoms with Crippen molar-refractivity contribution in [3.63, 3.8) is 0 Å². The van der Waals surface area contributed by atoms with Crippen molar-refractivity contribution in [2.45, 2.75) is 44.0 Å². The number of carbonyl (C=O) groups excluding carboxylic acids is 1. The van der Waals surface area contributed by atoms with Crippen molar-refractivity contribution in [3.05, 3.63) is 23.8 Å². The minimum absolute atomic E-state index is 0.0686. The molecule has 0 radical (unpaired) electrons. The number of benzene rings is 1. The van der Waals surface area contributed by atoms with Crippen molar-refractivity contribution in [1.29, 1.82) is 0 Å². The topological polar surface area (TPSA) is 66.5 Å². The number of anilines is 1. The number of nitrogens with one attached hydrogen (secondary N) is 1. The highest BCUT2D eigenvalue weighted by molar-refractivity contribution is 7.90. The first kappa shape index (κ1) is 17.9. The molecular formula is C17H26N2O3S. The number of likely N-dealkylation sites (tertiary alicyclic amines) is 1. The molecule has 23 heavy (non-hydrogen) atoms. The molecule has 0 amide bonds. The maximum Gasteiger partial charge on any atom is 0.177 e. The molecule has 1 aromatic rings. The van der Waals surface area contributed by atoms with Crippen LogP contribution in [0, 0.1) is 0 Å². The molecule has 0 bridgehead atoms. The smallest absolute Gasteiger partial charge is 0.177 e. The van der Waals surface area contributed by atoms with Crippen molar-refractivity contribution in [1.82, 2.24) is 4.90 Å². The van der Waals surface area contributed by atoms with Gasteiger partial charge >= 0.3 is 0 Å². The lowest BCUT2D eigenvalue weighted by atomic mass is 10.0. The molecule has 0 saturated carbocycles. The molecule has 0 aliphatic carbocycles. The zero-order chi connectivity index (χ0) is 17.0. The molecule has 0 spiro atoms. The van der Waals surface area contributed by atoms with Gasteiger partial charge in [-0.05, 0) is 51.1 Å². The Bertz CT molecular complexity index is 670. The summed E-state index contributed by atoms with van der Waals surface area (Å²) in [6.45, 7) is 6.42. The van der Waals surface area contributed by atoms with Gasteiger partial charge in [0, 0.05) is 24.4 Å². The van der Waals surface area contributed by atoms with Gasteiger partial charge in [-0.25, -0.2) is 8.42 Å². The van der Waals surface area contributed by atoms with Gasteiger partial charge in [0.05, 0.1) is 10.6 Å². The predicted molar refractivity (Wildman–Crippen MR) is 92.9 cm³/mol. The van der Waals surface area contributed by atoms with Crippen LogP contribution < -0.4 is 5.32 Å². The number of piperidine rings is 1. The van der Waals surface area contributed by atoms with Crippen molar-refractivity contribution in [2.75, 3.05) is 31.2 Å². The lowest BCUT2D eigenvalue weighted by molar-refractivity contribution is 0.101. The van der Waals surface area contributed by atoms with E-state index in [9.17, 15) is 13.2 Å². The van der Waals surface area contributed by atoms with Gasteiger partial charge in [0.2, 0.25) is 0 Å². The highest BCUT2D eigenvalue weighted by atomic mass is 32.2. The third-order valence-electron chi connectivity index (χ3n) is 4.47. The summed E-state index contributed by atoms with van der Waals surface area (Å²) in [6.07, 6.45) is 4.73. The summed E-state index contributed by atoms with van der Waals surface area (Å²) in [4.78, 5) is 14.3. The first-order chi connectivity index (χ1) is 10.8. The molecule has 1 N–H and O–H groups in total. The SMILES string of the molecule is CCN1CCCC[C@H]1CNc1cc(C(C)=O)ccc1S(C)(=O)=O. The number of sulfone groups is 1. The summed E-state index contributed by atoms with van der Waals surface area (Å²) in [5.41, 5.74) is 1.05. The molecule has 0 aromatic heterocycles. The van der Waals surface area contributed by atoms with E-state index in [-0.39, 0.29) is 10.7 Å². The van der Waals surface area contributed by atoms with Crippen LogP contribution in [0.3, 0.4) is 0 Å². The molecule has 1 atom stereocenters. The maximum atomic E-state index is 12.0. The molecule has 128 valence electrons. The van der Waals surface area contributed by atoms with E-state index < -0.39 is 9.84 Å². The Hall–Kier alpha value is -1.40. The summed E-state index contributed by atoms with van der Waals surface area (Å²) >= 11 is 0. The van der Waals surface area contributed by atoms with E-state index in [1.54, 1.807) is 12.1 Å². The quantitative estimate of drug-likeness (QED) is 0.808. The van der Waals surface area contributed by atoms with Crippen LogP contribution >= 0.6 is 0 Å². The van der Waals surface area contributed by atoms with Crippen LogP contribution in [-0.4, -0.2) is 51.0 Å². The van der Waals surface area contributed by atoms with Crippen molar-refractivity contribution < 1.29 is 13.2 Å². The largest absolute Gasteiger partial charge is 0.382 e. The van der Waals surface area contributed by atoms with Gasteiger partial charge in [0.1, 0.15) is 0 Å². The Morgan fingerprint density at radius 2 is 2.09 bits per heavy atom. The number of ketones is 1. The lowest BCUT2D eigenvalue weighted by Crippen LogP contribution is -2.43. The second kappa shape index (κ2) is 7.45. The Morgan fingerprint density at radius 1 is 1.35 bits per heavy atom. The van der Waals surface area contributed by atoms with Crippen LogP contribution in [0.4, 0.5) is 5.69 Å². The molecule has 6 heteroatoms. The van der Waals surface area contributed by atoms with Crippen LogP contribution in [0.1, 0.15) is 43.5 Å². The summed E-state index contributed by atoms with van der Waals surface area (Å²) in [6, 6.07) is 5.15. The Morgan fingerprint density at radius 3 is 2.70 bits per heavy atom. The fourth-order valence-corrected chi connectivity index (χ4v) is 3.99. The summed E-state index contributed by atoms with van der Waals surface area (Å²) in [7, 11) is -3.34. The zero-order valence-electron chi connectivity index (χ0n) is 14.1. The number of rotatable bonds is 6. The van der Waals surface area contributed by atoms with Crippen LogP contribution in [0.2, 0.25) is 0 Å². The number of hydrogen-bond acceptors (Lipinski definition) is 5. The van der Waals surface area contributed by atoms with Crippen LogP contribution in [-0.2, 0) is 9.84 Å². The van der Waals surface area contributed by atoms with Gasteiger partial charge in [0.15, 0.2) is 15.6 Å². The van der Waals surface area contributed by atoms with Gasteiger partial charge in [-0.3, -0.25) is 9.69 Å². The van der Waals surface area contributed by atoms with E-state index in [4.69, 9.17) is 0 Å². The Kier molecular flexibility index (Phi) is 5.81. The minimum atomic E-state index is -3.34. The summed E-state index contributed by atoms with van der Waals surface area (Å²) < 4.78 is 23.9. The third kappa shape index (κ3) is 4.54. The first-order valence-electron chi connectivity index (χ1n) is 8.16. The molecule has 1 saturated heterocycles. The zero-order valence-corrected chi connectivity index (χ0v) is 14.9. The highest BCUT2D eigenvalue weighted by Crippen LogP contribution is 2.24. The number of Topliss-reactive ketones (excluding diaryl/α,β-unsaturated/α-hetero) is 1. The molecule has 1 fully saturated rings. The molecule has 2 rings (SSSR count). The van der Waals surface area contributed by atoms with Gasteiger partial charge < -0.3 is 5.32 Å². The standard InChI is InChI=1S/C17H26N2O3S/c1-4-19-10-6-5-7-15(19)12-18-16-11-14(13(2)20)8-9-17(16)23(3,21)22/h8-9,11,15,18H,4-7,10,12H2,1-3H3/t15-/m0/s1. The third-order valence-corrected chi connectivity index (χ3v) is 5.62. The number of carbonyl (C=O) groups is 1. The first-order valence-corrected chi connectivity index (χ1v) is 10.0. The fourth-order valence-electron chi connectivity index (χ4n) is 3.15. The summed E-state index contributed by atoms with van der Waals surface area (Å²) in [5, 5.41) is 3.28.